The Hall–Kier alpha value is -1.69. The summed E-state index contributed by atoms with van der Waals surface area (Å²) in [5.41, 5.74) is 0.634. The predicted molar refractivity (Wildman–Crippen MR) is 58.1 cm³/mol. The van der Waals surface area contributed by atoms with E-state index in [-0.39, 0.29) is 0 Å². The summed E-state index contributed by atoms with van der Waals surface area (Å²) in [5.74, 6) is 0. The summed E-state index contributed by atoms with van der Waals surface area (Å²) in [7, 11) is 0. The molecule has 78 valence electrons. The van der Waals surface area contributed by atoms with Crippen LogP contribution in [0.1, 0.15) is 6.92 Å². The quantitative estimate of drug-likeness (QED) is 0.848. The van der Waals surface area contributed by atoms with Gasteiger partial charge >= 0.3 is 6.09 Å². The minimum Gasteiger partial charge on any atom is -0.450 e. The molecule has 0 radical (unpaired) electrons. The van der Waals surface area contributed by atoms with Gasteiger partial charge in [0.1, 0.15) is 0 Å². The van der Waals surface area contributed by atoms with Crippen LogP contribution in [0.4, 0.5) is 9.93 Å². The monoisotopic (exact) mass is 223 g/mol. The number of nitrogens with zero attached hydrogens (tertiary/aromatic N) is 2. The lowest BCUT2D eigenvalue weighted by Gasteiger charge is -1.99. The van der Waals surface area contributed by atoms with Crippen LogP contribution in [-0.2, 0) is 4.74 Å². The van der Waals surface area contributed by atoms with Crippen LogP contribution in [-0.4, -0.2) is 22.7 Å². The predicted octanol–water partition coefficient (Wildman–Crippen LogP) is 2.26. The van der Waals surface area contributed by atoms with E-state index < -0.39 is 6.09 Å². The normalized spacial score (nSPS) is 10.2. The molecule has 0 fully saturated rings. The highest BCUT2D eigenvalue weighted by atomic mass is 32.1. The maximum Gasteiger partial charge on any atom is 0.413 e. The van der Waals surface area contributed by atoms with Gasteiger partial charge in [-0.05, 0) is 19.1 Å². The standard InChI is InChI=1S/C9H9N3O2S/c1-2-14-9(13)12-8-11-7-6(15-8)4-3-5-10-7/h3-5H,2H2,1H3,(H,10,11,12,13). The number of amides is 1. The molecule has 0 spiro atoms. The Labute approximate surface area is 90.1 Å². The Kier molecular flexibility index (Phi) is 2.77. The zero-order chi connectivity index (χ0) is 10.7. The molecule has 2 aromatic heterocycles. The molecule has 0 aliphatic rings. The van der Waals surface area contributed by atoms with Crippen LogP contribution in [0.2, 0.25) is 0 Å². The van der Waals surface area contributed by atoms with E-state index in [1.54, 1.807) is 13.1 Å². The zero-order valence-electron chi connectivity index (χ0n) is 8.06. The van der Waals surface area contributed by atoms with E-state index in [1.165, 1.54) is 11.3 Å². The maximum atomic E-state index is 11.1. The van der Waals surface area contributed by atoms with Gasteiger partial charge in [0.2, 0.25) is 0 Å². The molecule has 2 aromatic rings. The first-order chi connectivity index (χ1) is 7.29. The Morgan fingerprint density at radius 3 is 3.27 bits per heavy atom. The van der Waals surface area contributed by atoms with Crippen molar-refractivity contribution in [3.8, 4) is 0 Å². The average Bonchev–Trinajstić information content (AvgIpc) is 2.59. The van der Waals surface area contributed by atoms with Gasteiger partial charge in [-0.15, -0.1) is 0 Å². The van der Waals surface area contributed by atoms with E-state index in [0.29, 0.717) is 17.4 Å². The molecule has 0 aliphatic heterocycles. The number of carbonyl (C=O) groups excluding carboxylic acids is 1. The number of ether oxygens (including phenoxy) is 1. The molecule has 0 unspecified atom stereocenters. The summed E-state index contributed by atoms with van der Waals surface area (Å²) < 4.78 is 5.67. The van der Waals surface area contributed by atoms with Crippen molar-refractivity contribution in [2.24, 2.45) is 0 Å². The van der Waals surface area contributed by atoms with Gasteiger partial charge in [-0.3, -0.25) is 5.32 Å². The third kappa shape index (κ3) is 2.21. The van der Waals surface area contributed by atoms with Gasteiger partial charge in [0.25, 0.3) is 0 Å². The fourth-order valence-electron chi connectivity index (χ4n) is 1.08. The van der Waals surface area contributed by atoms with Gasteiger partial charge in [-0.2, -0.15) is 4.98 Å². The van der Waals surface area contributed by atoms with E-state index in [9.17, 15) is 4.79 Å². The van der Waals surface area contributed by atoms with Crippen LogP contribution < -0.4 is 5.32 Å². The second-order valence-corrected chi connectivity index (χ2v) is 3.72. The van der Waals surface area contributed by atoms with Crippen molar-refractivity contribution in [2.75, 3.05) is 11.9 Å². The molecule has 0 atom stereocenters. The molecule has 0 bridgehead atoms. The minimum absolute atomic E-state index is 0.342. The molecule has 6 heteroatoms. The molecule has 0 aromatic carbocycles. The number of carbonyl (C=O) groups is 1. The number of anilines is 1. The topological polar surface area (TPSA) is 64.1 Å². The summed E-state index contributed by atoms with van der Waals surface area (Å²) in [6.07, 6.45) is 1.17. The Morgan fingerprint density at radius 2 is 2.53 bits per heavy atom. The minimum atomic E-state index is -0.489. The van der Waals surface area contributed by atoms with E-state index in [2.05, 4.69) is 15.3 Å². The van der Waals surface area contributed by atoms with E-state index in [0.717, 1.165) is 4.70 Å². The summed E-state index contributed by atoms with van der Waals surface area (Å²) in [6.45, 7) is 2.09. The van der Waals surface area contributed by atoms with Gasteiger partial charge in [0, 0.05) is 6.20 Å². The van der Waals surface area contributed by atoms with Gasteiger partial charge in [0.15, 0.2) is 10.8 Å². The van der Waals surface area contributed by atoms with E-state index in [4.69, 9.17) is 4.74 Å². The van der Waals surface area contributed by atoms with Crippen molar-refractivity contribution in [3.05, 3.63) is 18.3 Å². The maximum absolute atomic E-state index is 11.1. The first-order valence-electron chi connectivity index (χ1n) is 4.45. The van der Waals surface area contributed by atoms with E-state index in [1.807, 2.05) is 12.1 Å². The molecule has 0 saturated heterocycles. The number of hydrogen-bond acceptors (Lipinski definition) is 5. The second-order valence-electron chi connectivity index (χ2n) is 2.69. The first-order valence-corrected chi connectivity index (χ1v) is 5.26. The highest BCUT2D eigenvalue weighted by molar-refractivity contribution is 7.22. The Morgan fingerprint density at radius 1 is 1.67 bits per heavy atom. The second kappa shape index (κ2) is 4.22. The van der Waals surface area contributed by atoms with Gasteiger partial charge in [0.05, 0.1) is 11.3 Å². The number of hydrogen-bond donors (Lipinski definition) is 1. The van der Waals surface area contributed by atoms with Crippen LogP contribution in [0.25, 0.3) is 10.3 Å². The van der Waals surface area contributed by atoms with Gasteiger partial charge in [-0.25, -0.2) is 9.78 Å². The lowest BCUT2D eigenvalue weighted by molar-refractivity contribution is 0.168. The number of thiazole rings is 1. The molecule has 0 saturated carbocycles. The molecule has 1 N–H and O–H groups in total. The smallest absolute Gasteiger partial charge is 0.413 e. The van der Waals surface area contributed by atoms with Gasteiger partial charge in [-0.1, -0.05) is 11.3 Å². The van der Waals surface area contributed by atoms with Gasteiger partial charge < -0.3 is 4.74 Å². The molecule has 2 heterocycles. The lowest BCUT2D eigenvalue weighted by atomic mass is 10.5. The van der Waals surface area contributed by atoms with E-state index >= 15 is 0 Å². The number of nitrogens with one attached hydrogen (secondary N) is 1. The molecule has 2 rings (SSSR count). The first kappa shape index (κ1) is 9.85. The van der Waals surface area contributed by atoms with Crippen LogP contribution >= 0.6 is 11.3 Å². The highest BCUT2D eigenvalue weighted by Gasteiger charge is 2.07. The number of rotatable bonds is 2. The third-order valence-electron chi connectivity index (χ3n) is 1.65. The van der Waals surface area contributed by atoms with Crippen molar-refractivity contribution in [1.29, 1.82) is 0 Å². The van der Waals surface area contributed by atoms with Crippen molar-refractivity contribution >= 4 is 32.9 Å². The lowest BCUT2D eigenvalue weighted by Crippen LogP contribution is -2.12. The molecule has 5 nitrogen and oxygen atoms in total. The summed E-state index contributed by atoms with van der Waals surface area (Å²) in [6, 6.07) is 3.73. The fraction of sp³-hybridized carbons (Fsp3) is 0.222. The SMILES string of the molecule is CCOC(=O)Nc1nc2ncccc2s1. The molecule has 1 amide bonds. The van der Waals surface area contributed by atoms with Crippen molar-refractivity contribution < 1.29 is 9.53 Å². The summed E-state index contributed by atoms with van der Waals surface area (Å²) >= 11 is 1.37. The van der Waals surface area contributed by atoms with Crippen molar-refractivity contribution in [1.82, 2.24) is 9.97 Å². The summed E-state index contributed by atoms with van der Waals surface area (Å²) in [5, 5.41) is 3.04. The molecule has 0 aliphatic carbocycles. The molecular weight excluding hydrogens is 214 g/mol. The van der Waals surface area contributed by atoms with Crippen LogP contribution in [0.5, 0.6) is 0 Å². The Bertz CT molecular complexity index is 450. The number of fused-ring (bicyclic) bond motifs is 1. The fourth-order valence-corrected chi connectivity index (χ4v) is 1.89. The number of aromatic nitrogens is 2. The van der Waals surface area contributed by atoms with Crippen molar-refractivity contribution in [3.63, 3.8) is 0 Å². The zero-order valence-corrected chi connectivity index (χ0v) is 8.87. The molecular formula is C9H9N3O2S. The third-order valence-corrected chi connectivity index (χ3v) is 2.57. The van der Waals surface area contributed by atoms with Crippen molar-refractivity contribution in [2.45, 2.75) is 6.92 Å². The van der Waals surface area contributed by atoms with Crippen LogP contribution in [0.15, 0.2) is 18.3 Å². The average molecular weight is 223 g/mol. The number of pyridine rings is 1. The largest absolute Gasteiger partial charge is 0.450 e. The van der Waals surface area contributed by atoms with Crippen LogP contribution in [0.3, 0.4) is 0 Å². The Balaban J connectivity index is 2.18. The highest BCUT2D eigenvalue weighted by Crippen LogP contribution is 2.23. The summed E-state index contributed by atoms with van der Waals surface area (Å²) in [4.78, 5) is 19.3. The molecule has 15 heavy (non-hydrogen) atoms. The van der Waals surface area contributed by atoms with Crippen LogP contribution in [0, 0.1) is 0 Å².